The van der Waals surface area contributed by atoms with Gasteiger partial charge in [0.25, 0.3) is 0 Å². The summed E-state index contributed by atoms with van der Waals surface area (Å²) in [6.45, 7) is 2.10. The van der Waals surface area contributed by atoms with E-state index < -0.39 is 0 Å². The van der Waals surface area contributed by atoms with Gasteiger partial charge in [-0.2, -0.15) is 15.2 Å². The largest absolute Gasteiger partial charge is 0.480 e. The zero-order chi connectivity index (χ0) is 15.3. The van der Waals surface area contributed by atoms with Gasteiger partial charge in [0.1, 0.15) is 0 Å². The van der Waals surface area contributed by atoms with Gasteiger partial charge in [0.2, 0.25) is 11.8 Å². The Morgan fingerprint density at radius 3 is 2.95 bits per heavy atom. The van der Waals surface area contributed by atoms with E-state index in [2.05, 4.69) is 39.2 Å². The number of rotatable bonds is 2. The van der Waals surface area contributed by atoms with Gasteiger partial charge < -0.3 is 10.5 Å². The lowest BCUT2D eigenvalue weighted by molar-refractivity contribution is 0.396. The Hall–Kier alpha value is -2.76. The van der Waals surface area contributed by atoms with Gasteiger partial charge in [-0.15, -0.1) is 0 Å². The van der Waals surface area contributed by atoms with Crippen molar-refractivity contribution in [2.45, 2.75) is 13.3 Å². The van der Waals surface area contributed by atoms with Crippen molar-refractivity contribution >= 4 is 23.4 Å². The summed E-state index contributed by atoms with van der Waals surface area (Å²) in [6.07, 6.45) is 10.9. The molecule has 0 spiro atoms. The second-order valence-corrected chi connectivity index (χ2v) is 5.68. The summed E-state index contributed by atoms with van der Waals surface area (Å²) in [5.74, 6) is 0.757. The number of fused-ring (bicyclic) bond motifs is 2. The van der Waals surface area contributed by atoms with Crippen molar-refractivity contribution in [3.05, 3.63) is 41.1 Å². The average molecular weight is 293 g/mol. The van der Waals surface area contributed by atoms with Gasteiger partial charge >= 0.3 is 0 Å². The molecule has 2 aliphatic carbocycles. The summed E-state index contributed by atoms with van der Waals surface area (Å²) in [6, 6.07) is 0. The van der Waals surface area contributed by atoms with E-state index in [9.17, 15) is 0 Å². The van der Waals surface area contributed by atoms with E-state index in [4.69, 9.17) is 10.5 Å². The van der Waals surface area contributed by atoms with E-state index in [0.29, 0.717) is 5.88 Å². The van der Waals surface area contributed by atoms with Crippen LogP contribution in [0.4, 0.5) is 5.95 Å². The standard InChI is InChI=1S/C16H15N5O/c1-16-7-9(3-6-12(16)21-18-8-16)10-4-5-11-13(10)14(22-2)20-15(17)19-11/h3-4,6-8H,5H2,1-2H3,(H2,17,19,20)/t16-/m0/s1. The van der Waals surface area contributed by atoms with Crippen molar-refractivity contribution in [1.29, 1.82) is 0 Å². The van der Waals surface area contributed by atoms with Gasteiger partial charge in [0.05, 0.1) is 29.5 Å². The number of anilines is 1. The van der Waals surface area contributed by atoms with Crippen LogP contribution in [0.15, 0.2) is 40.1 Å². The molecule has 1 aliphatic heterocycles. The monoisotopic (exact) mass is 293 g/mol. The Morgan fingerprint density at radius 2 is 2.14 bits per heavy atom. The molecule has 1 aromatic heterocycles. The van der Waals surface area contributed by atoms with Crippen LogP contribution in [0.3, 0.4) is 0 Å². The normalized spacial score (nSPS) is 24.5. The molecule has 110 valence electrons. The number of methoxy groups -OCH3 is 1. The van der Waals surface area contributed by atoms with Crippen molar-refractivity contribution < 1.29 is 4.74 Å². The lowest BCUT2D eigenvalue weighted by atomic mass is 9.79. The zero-order valence-electron chi connectivity index (χ0n) is 12.4. The predicted octanol–water partition coefficient (Wildman–Crippen LogP) is 1.95. The molecule has 3 aliphatic rings. The summed E-state index contributed by atoms with van der Waals surface area (Å²) in [7, 11) is 1.60. The molecule has 0 fully saturated rings. The van der Waals surface area contributed by atoms with Gasteiger partial charge in [-0.3, -0.25) is 0 Å². The Bertz CT molecular complexity index is 831. The Balaban J connectivity index is 1.82. The molecule has 1 aromatic rings. The summed E-state index contributed by atoms with van der Waals surface area (Å²) in [5, 5.41) is 8.18. The molecule has 0 bridgehead atoms. The van der Waals surface area contributed by atoms with E-state index >= 15 is 0 Å². The molecule has 6 nitrogen and oxygen atoms in total. The number of nitrogens with two attached hydrogens (primary N) is 1. The fourth-order valence-corrected chi connectivity index (χ4v) is 3.05. The molecular formula is C16H15N5O. The molecule has 0 saturated heterocycles. The average Bonchev–Trinajstić information content (AvgIpc) is 3.08. The van der Waals surface area contributed by atoms with E-state index in [0.717, 1.165) is 34.5 Å². The van der Waals surface area contributed by atoms with Crippen LogP contribution in [0.5, 0.6) is 5.88 Å². The van der Waals surface area contributed by atoms with Crippen LogP contribution in [-0.4, -0.2) is 29.0 Å². The molecule has 2 heterocycles. The minimum atomic E-state index is -0.254. The SMILES string of the molecule is COc1nc(N)nc2c1C(C1=C[C@@]3(C)C=NN=C3C=C1)=CC2. The highest BCUT2D eigenvalue weighted by molar-refractivity contribution is 6.15. The van der Waals surface area contributed by atoms with Gasteiger partial charge in [-0.25, -0.2) is 4.98 Å². The number of nitrogens with zero attached hydrogens (tertiary/aromatic N) is 4. The first-order valence-corrected chi connectivity index (χ1v) is 7.05. The first kappa shape index (κ1) is 12.9. The van der Waals surface area contributed by atoms with Gasteiger partial charge in [-0.05, 0) is 24.1 Å². The number of hydrogen-bond acceptors (Lipinski definition) is 6. The fraction of sp³-hybridized carbons (Fsp3) is 0.250. The maximum absolute atomic E-state index is 5.74. The van der Waals surface area contributed by atoms with Crippen LogP contribution in [0.2, 0.25) is 0 Å². The van der Waals surface area contributed by atoms with Crippen LogP contribution >= 0.6 is 0 Å². The highest BCUT2D eigenvalue weighted by atomic mass is 16.5. The molecular weight excluding hydrogens is 278 g/mol. The predicted molar refractivity (Wildman–Crippen MR) is 85.9 cm³/mol. The van der Waals surface area contributed by atoms with Crippen LogP contribution in [0.25, 0.3) is 5.57 Å². The van der Waals surface area contributed by atoms with Crippen LogP contribution < -0.4 is 10.5 Å². The number of hydrogen-bond donors (Lipinski definition) is 1. The molecule has 6 heteroatoms. The van der Waals surface area contributed by atoms with Crippen molar-refractivity contribution in [3.8, 4) is 5.88 Å². The number of ether oxygens (including phenoxy) is 1. The fourth-order valence-electron chi connectivity index (χ4n) is 3.05. The molecule has 0 amide bonds. The van der Waals surface area contributed by atoms with Crippen LogP contribution in [0, 0.1) is 5.41 Å². The molecule has 0 radical (unpaired) electrons. The molecule has 22 heavy (non-hydrogen) atoms. The van der Waals surface area contributed by atoms with E-state index in [1.54, 1.807) is 7.11 Å². The van der Waals surface area contributed by atoms with Crippen LogP contribution in [-0.2, 0) is 6.42 Å². The third-order valence-electron chi connectivity index (χ3n) is 4.16. The van der Waals surface area contributed by atoms with Crippen molar-refractivity contribution in [3.63, 3.8) is 0 Å². The maximum Gasteiger partial charge on any atom is 0.226 e. The van der Waals surface area contributed by atoms with E-state index in [1.165, 1.54) is 0 Å². The highest BCUT2D eigenvalue weighted by Crippen LogP contribution is 2.41. The molecule has 1 atom stereocenters. The molecule has 2 N–H and O–H groups in total. The number of aromatic nitrogens is 2. The minimum absolute atomic E-state index is 0.239. The molecule has 0 unspecified atom stereocenters. The summed E-state index contributed by atoms with van der Waals surface area (Å²) in [4.78, 5) is 8.52. The first-order chi connectivity index (χ1) is 10.6. The third kappa shape index (κ3) is 1.73. The Kier molecular flexibility index (Phi) is 2.57. The Labute approximate surface area is 127 Å². The summed E-state index contributed by atoms with van der Waals surface area (Å²) in [5.41, 5.74) is 10.4. The van der Waals surface area contributed by atoms with Crippen molar-refractivity contribution in [2.75, 3.05) is 12.8 Å². The first-order valence-electron chi connectivity index (χ1n) is 7.05. The maximum atomic E-state index is 5.74. The van der Waals surface area contributed by atoms with Gasteiger partial charge in [0, 0.05) is 12.6 Å². The van der Waals surface area contributed by atoms with E-state index in [1.807, 2.05) is 18.4 Å². The smallest absolute Gasteiger partial charge is 0.226 e. The molecule has 0 saturated carbocycles. The zero-order valence-corrected chi connectivity index (χ0v) is 12.4. The van der Waals surface area contributed by atoms with Crippen molar-refractivity contribution in [1.82, 2.24) is 9.97 Å². The van der Waals surface area contributed by atoms with Crippen LogP contribution in [0.1, 0.15) is 18.2 Å². The second kappa shape index (κ2) is 4.37. The van der Waals surface area contributed by atoms with E-state index in [-0.39, 0.29) is 11.4 Å². The Morgan fingerprint density at radius 1 is 1.27 bits per heavy atom. The summed E-state index contributed by atoms with van der Waals surface area (Å²) >= 11 is 0. The van der Waals surface area contributed by atoms with Gasteiger partial charge in [-0.1, -0.05) is 18.2 Å². The van der Waals surface area contributed by atoms with Gasteiger partial charge in [0.15, 0.2) is 0 Å². The highest BCUT2D eigenvalue weighted by Gasteiger charge is 2.33. The topological polar surface area (TPSA) is 85.8 Å². The third-order valence-corrected chi connectivity index (χ3v) is 4.16. The lowest BCUT2D eigenvalue weighted by Crippen LogP contribution is -2.25. The second-order valence-electron chi connectivity index (χ2n) is 5.68. The number of allylic oxidation sites excluding steroid dienone is 6. The molecule has 0 aromatic carbocycles. The minimum Gasteiger partial charge on any atom is -0.480 e. The summed E-state index contributed by atoms with van der Waals surface area (Å²) < 4.78 is 5.40. The quantitative estimate of drug-likeness (QED) is 0.903. The lowest BCUT2D eigenvalue weighted by Gasteiger charge is -2.23. The van der Waals surface area contributed by atoms with Crippen molar-refractivity contribution in [2.24, 2.45) is 15.6 Å². The molecule has 4 rings (SSSR count). The number of nitrogen functional groups attached to an aromatic ring is 1.